The number of thiophene rings is 1. The molecule has 1 N–H and O–H groups in total. The minimum atomic E-state index is 0.124. The van der Waals surface area contributed by atoms with Crippen LogP contribution in [-0.2, 0) is 23.4 Å². The first-order chi connectivity index (χ1) is 12.7. The van der Waals surface area contributed by atoms with E-state index in [1.165, 1.54) is 61.9 Å². The van der Waals surface area contributed by atoms with Gasteiger partial charge in [-0.25, -0.2) is 0 Å². The predicted octanol–water partition coefficient (Wildman–Crippen LogP) is 4.60. The van der Waals surface area contributed by atoms with Crippen LogP contribution in [0, 0.1) is 0 Å². The molecule has 1 saturated heterocycles. The molecule has 0 aromatic carbocycles. The second kappa shape index (κ2) is 8.49. The lowest BCUT2D eigenvalue weighted by Gasteiger charge is -2.33. The Labute approximate surface area is 165 Å². The van der Waals surface area contributed by atoms with E-state index in [2.05, 4.69) is 23.2 Å². The molecule has 3 aliphatic rings. The minimum absolute atomic E-state index is 0.124. The molecule has 26 heavy (non-hydrogen) atoms. The number of thioether (sulfide) groups is 1. The van der Waals surface area contributed by atoms with Gasteiger partial charge in [0, 0.05) is 34.6 Å². The molecular weight excluding hydrogens is 360 g/mol. The minimum Gasteiger partial charge on any atom is -0.352 e. The molecular formula is C21H30N2OS2. The summed E-state index contributed by atoms with van der Waals surface area (Å²) in [5, 5.41) is 3.15. The van der Waals surface area contributed by atoms with E-state index in [0.717, 1.165) is 30.2 Å². The number of amides is 1. The summed E-state index contributed by atoms with van der Waals surface area (Å²) in [7, 11) is 0. The normalized spacial score (nSPS) is 23.1. The molecule has 0 saturated carbocycles. The number of hydrogen-bond donors (Lipinski definition) is 1. The quantitative estimate of drug-likeness (QED) is 0.746. The van der Waals surface area contributed by atoms with E-state index in [-0.39, 0.29) is 5.91 Å². The highest BCUT2D eigenvalue weighted by atomic mass is 32.2. The van der Waals surface area contributed by atoms with Crippen LogP contribution in [0.3, 0.4) is 0 Å². The summed E-state index contributed by atoms with van der Waals surface area (Å²) < 4.78 is 0. The topological polar surface area (TPSA) is 32.3 Å². The van der Waals surface area contributed by atoms with Crippen molar-refractivity contribution >= 4 is 35.1 Å². The molecule has 5 heteroatoms. The van der Waals surface area contributed by atoms with Crippen molar-refractivity contribution in [1.82, 2.24) is 10.2 Å². The summed E-state index contributed by atoms with van der Waals surface area (Å²) in [6.07, 6.45) is 12.3. The molecule has 0 radical (unpaired) electrons. The van der Waals surface area contributed by atoms with Crippen molar-refractivity contribution in [3.05, 3.63) is 25.8 Å². The Morgan fingerprint density at radius 3 is 3.00 bits per heavy atom. The van der Waals surface area contributed by atoms with E-state index in [9.17, 15) is 4.79 Å². The first-order valence-electron chi connectivity index (χ1n) is 10.2. The van der Waals surface area contributed by atoms with Crippen LogP contribution >= 0.6 is 23.1 Å². The van der Waals surface area contributed by atoms with Gasteiger partial charge in [0.25, 0.3) is 5.91 Å². The number of fused-ring (bicyclic) bond motifs is 3. The Morgan fingerprint density at radius 2 is 2.12 bits per heavy atom. The van der Waals surface area contributed by atoms with Crippen molar-refractivity contribution in [1.29, 1.82) is 0 Å². The summed E-state index contributed by atoms with van der Waals surface area (Å²) >= 11 is 3.65. The van der Waals surface area contributed by atoms with Gasteiger partial charge in [-0.1, -0.05) is 6.42 Å². The Hall–Kier alpha value is -0.780. The highest BCUT2D eigenvalue weighted by Crippen LogP contribution is 2.42. The maximum atomic E-state index is 12.6. The molecule has 1 aliphatic carbocycles. The summed E-state index contributed by atoms with van der Waals surface area (Å²) in [6.45, 7) is 5.45. The summed E-state index contributed by atoms with van der Waals surface area (Å²) in [5.74, 6) is 1.10. The average molecular weight is 391 g/mol. The van der Waals surface area contributed by atoms with Gasteiger partial charge in [0.15, 0.2) is 0 Å². The molecule has 0 spiro atoms. The molecule has 1 fully saturated rings. The number of piperidine rings is 1. The summed E-state index contributed by atoms with van der Waals surface area (Å²) in [5.41, 5.74) is 3.13. The Balaban J connectivity index is 1.29. The van der Waals surface area contributed by atoms with Gasteiger partial charge >= 0.3 is 0 Å². The second-order valence-electron chi connectivity index (χ2n) is 7.84. The maximum absolute atomic E-state index is 12.6. The maximum Gasteiger partial charge on any atom is 0.257 e. The van der Waals surface area contributed by atoms with Gasteiger partial charge in [0.1, 0.15) is 0 Å². The van der Waals surface area contributed by atoms with Crippen molar-refractivity contribution in [3.63, 3.8) is 0 Å². The number of nitrogens with zero attached hydrogens (tertiary/aromatic N) is 1. The number of hydrogen-bond acceptors (Lipinski definition) is 4. The Bertz CT molecular complexity index is 694. The van der Waals surface area contributed by atoms with Crippen molar-refractivity contribution < 1.29 is 4.79 Å². The number of nitrogens with one attached hydrogen (secondary N) is 1. The third-order valence-electron chi connectivity index (χ3n) is 6.02. The van der Waals surface area contributed by atoms with E-state index in [1.807, 2.05) is 11.3 Å². The van der Waals surface area contributed by atoms with Crippen LogP contribution in [-0.4, -0.2) is 36.5 Å². The van der Waals surface area contributed by atoms with Gasteiger partial charge < -0.3 is 10.2 Å². The zero-order valence-corrected chi connectivity index (χ0v) is 17.4. The van der Waals surface area contributed by atoms with Crippen LogP contribution in [0.25, 0.3) is 6.08 Å². The Morgan fingerprint density at radius 1 is 1.23 bits per heavy atom. The van der Waals surface area contributed by atoms with Gasteiger partial charge in [-0.15, -0.1) is 23.1 Å². The highest BCUT2D eigenvalue weighted by molar-refractivity contribution is 8.03. The van der Waals surface area contributed by atoms with Crippen molar-refractivity contribution in [3.8, 4) is 0 Å². The van der Waals surface area contributed by atoms with Crippen LogP contribution in [0.1, 0.15) is 66.3 Å². The fourth-order valence-corrected chi connectivity index (χ4v) is 6.99. The molecule has 2 aliphatic heterocycles. The fraction of sp³-hybridized carbons (Fsp3) is 0.667. The number of rotatable bonds is 5. The number of carbonyl (C=O) groups is 1. The molecule has 1 aromatic rings. The van der Waals surface area contributed by atoms with Crippen LogP contribution in [0.15, 0.2) is 4.91 Å². The lowest BCUT2D eigenvalue weighted by Crippen LogP contribution is -2.39. The smallest absolute Gasteiger partial charge is 0.257 e. The van der Waals surface area contributed by atoms with Crippen LogP contribution in [0.4, 0.5) is 0 Å². The molecule has 3 heterocycles. The molecule has 4 rings (SSSR count). The van der Waals surface area contributed by atoms with Crippen molar-refractivity contribution in [2.75, 3.05) is 19.6 Å². The van der Waals surface area contributed by atoms with E-state index in [1.54, 1.807) is 22.2 Å². The summed E-state index contributed by atoms with van der Waals surface area (Å²) in [4.78, 5) is 19.0. The van der Waals surface area contributed by atoms with Gasteiger partial charge in [0.05, 0.1) is 4.91 Å². The summed E-state index contributed by atoms with van der Waals surface area (Å²) in [6, 6.07) is 0.708. The number of carbonyl (C=O) groups excluding carboxylic acids is 1. The first kappa shape index (κ1) is 18.6. The van der Waals surface area contributed by atoms with E-state index >= 15 is 0 Å². The van der Waals surface area contributed by atoms with Gasteiger partial charge in [-0.05, 0) is 75.6 Å². The number of likely N-dealkylation sites (tertiary alicyclic amines) is 1. The van der Waals surface area contributed by atoms with Crippen molar-refractivity contribution in [2.45, 2.75) is 70.1 Å². The van der Waals surface area contributed by atoms with Crippen LogP contribution in [0.2, 0.25) is 0 Å². The zero-order valence-electron chi connectivity index (χ0n) is 15.8. The predicted molar refractivity (Wildman–Crippen MR) is 113 cm³/mol. The monoisotopic (exact) mass is 390 g/mol. The van der Waals surface area contributed by atoms with Gasteiger partial charge in [0.2, 0.25) is 0 Å². The molecule has 0 unspecified atom stereocenters. The van der Waals surface area contributed by atoms with Gasteiger partial charge in [-0.2, -0.15) is 0 Å². The van der Waals surface area contributed by atoms with E-state index in [0.29, 0.717) is 6.04 Å². The molecule has 1 amide bonds. The first-order valence-corrected chi connectivity index (χ1v) is 12.0. The van der Waals surface area contributed by atoms with E-state index < -0.39 is 0 Å². The van der Waals surface area contributed by atoms with Crippen LogP contribution < -0.4 is 5.32 Å². The largest absolute Gasteiger partial charge is 0.352 e. The van der Waals surface area contributed by atoms with Crippen molar-refractivity contribution in [2.24, 2.45) is 0 Å². The van der Waals surface area contributed by atoms with Gasteiger partial charge in [-0.3, -0.25) is 4.79 Å². The standard InChI is InChI=1S/C21H30N2OS2/c1-15-7-4-5-11-23(15)12-6-10-22-21(24)20-13-19-17(14-25-20)16-8-2-3-9-18(16)26-19/h13,15H,2-12,14H2,1H3,(H,22,24)/t15-/m1/s1. The SMILES string of the molecule is C[C@@H]1CCCCN1CCCNC(=O)C1=Cc2sc3c(c2CS1)CCCC3. The van der Waals surface area contributed by atoms with Crippen LogP contribution in [0.5, 0.6) is 0 Å². The number of aryl methyl sites for hydroxylation is 1. The Kier molecular flexibility index (Phi) is 6.07. The lowest BCUT2D eigenvalue weighted by atomic mass is 9.95. The zero-order chi connectivity index (χ0) is 17.9. The molecule has 142 valence electrons. The average Bonchev–Trinajstić information content (AvgIpc) is 3.04. The second-order valence-corrected chi connectivity index (χ2v) is 10.00. The fourth-order valence-electron chi connectivity index (χ4n) is 4.43. The molecule has 1 aromatic heterocycles. The highest BCUT2D eigenvalue weighted by Gasteiger charge is 2.25. The molecule has 3 nitrogen and oxygen atoms in total. The van der Waals surface area contributed by atoms with E-state index in [4.69, 9.17) is 0 Å². The third kappa shape index (κ3) is 4.05. The molecule has 0 bridgehead atoms. The lowest BCUT2D eigenvalue weighted by molar-refractivity contribution is -0.116. The molecule has 1 atom stereocenters. The third-order valence-corrected chi connectivity index (χ3v) is 8.35.